The van der Waals surface area contributed by atoms with Gasteiger partial charge in [0.15, 0.2) is 6.07 Å². The molecule has 0 atom stereocenters. The number of carboxylic acids is 1. The molecule has 0 bridgehead atoms. The van der Waals surface area contributed by atoms with Crippen LogP contribution in [-0.2, 0) is 0 Å². The van der Waals surface area contributed by atoms with E-state index in [9.17, 15) is 4.79 Å². The summed E-state index contributed by atoms with van der Waals surface area (Å²) in [5.74, 6) is 3.57. The second-order valence-corrected chi connectivity index (χ2v) is 2.61. The van der Waals surface area contributed by atoms with Crippen molar-refractivity contribution in [1.82, 2.24) is 0 Å². The van der Waals surface area contributed by atoms with Crippen molar-refractivity contribution in [1.29, 1.82) is 5.26 Å². The first-order chi connectivity index (χ1) is 5.75. The van der Waals surface area contributed by atoms with Crippen molar-refractivity contribution < 1.29 is 9.90 Å². The van der Waals surface area contributed by atoms with Crippen LogP contribution in [0, 0.1) is 23.2 Å². The zero-order chi connectivity index (χ0) is 8.97. The topological polar surface area (TPSA) is 61.1 Å². The zero-order valence-corrected chi connectivity index (χ0v) is 6.68. The molecule has 0 aliphatic carbocycles. The number of thiophene rings is 1. The summed E-state index contributed by atoms with van der Waals surface area (Å²) in [5, 5.41) is 19.8. The maximum atomic E-state index is 10.5. The highest BCUT2D eigenvalue weighted by Crippen LogP contribution is 2.13. The van der Waals surface area contributed by atoms with E-state index in [1.807, 2.05) is 0 Å². The van der Waals surface area contributed by atoms with Gasteiger partial charge in [-0.3, -0.25) is 0 Å². The predicted octanol–water partition coefficient (Wildman–Crippen LogP) is 1.32. The third-order valence-corrected chi connectivity index (χ3v) is 1.89. The molecule has 1 rings (SSSR count). The highest BCUT2D eigenvalue weighted by molar-refractivity contribution is 7.08. The monoisotopic (exact) mass is 177 g/mol. The lowest BCUT2D eigenvalue weighted by atomic mass is 10.2. The molecule has 4 heteroatoms. The van der Waals surface area contributed by atoms with Gasteiger partial charge in [-0.25, -0.2) is 4.79 Å². The van der Waals surface area contributed by atoms with Crippen LogP contribution in [0.5, 0.6) is 0 Å². The van der Waals surface area contributed by atoms with Crippen LogP contribution in [0.15, 0.2) is 10.8 Å². The number of rotatable bonds is 1. The van der Waals surface area contributed by atoms with Crippen LogP contribution in [-0.4, -0.2) is 11.1 Å². The first-order valence-corrected chi connectivity index (χ1v) is 3.89. The molecule has 3 nitrogen and oxygen atoms in total. The van der Waals surface area contributed by atoms with Gasteiger partial charge in [0.25, 0.3) is 0 Å². The van der Waals surface area contributed by atoms with E-state index in [1.165, 1.54) is 16.7 Å². The minimum absolute atomic E-state index is 0.155. The minimum Gasteiger partial charge on any atom is -0.478 e. The molecule has 0 aliphatic rings. The molecule has 0 amide bonds. The maximum Gasteiger partial charge on any atom is 0.337 e. The van der Waals surface area contributed by atoms with Gasteiger partial charge in [0, 0.05) is 16.7 Å². The number of nitrogens with zero attached hydrogens (tertiary/aromatic N) is 1. The van der Waals surface area contributed by atoms with Crippen LogP contribution in [0.2, 0.25) is 0 Å². The van der Waals surface area contributed by atoms with Crippen LogP contribution in [0.4, 0.5) is 0 Å². The fourth-order valence-corrected chi connectivity index (χ4v) is 1.41. The van der Waals surface area contributed by atoms with Gasteiger partial charge in [-0.15, -0.1) is 0 Å². The molecule has 0 fully saturated rings. The molecule has 0 aliphatic heterocycles. The quantitative estimate of drug-likeness (QED) is 0.658. The SMILES string of the molecule is N#CC#Cc1cscc1C(=O)O. The van der Waals surface area contributed by atoms with Crippen molar-refractivity contribution in [2.24, 2.45) is 0 Å². The molecule has 12 heavy (non-hydrogen) atoms. The van der Waals surface area contributed by atoms with Crippen LogP contribution in [0.25, 0.3) is 0 Å². The third kappa shape index (κ3) is 1.63. The van der Waals surface area contributed by atoms with E-state index in [0.717, 1.165) is 0 Å². The van der Waals surface area contributed by atoms with E-state index >= 15 is 0 Å². The molecule has 1 N–H and O–H groups in total. The molecule has 0 saturated heterocycles. The minimum atomic E-state index is -1.02. The van der Waals surface area contributed by atoms with Crippen LogP contribution in [0.1, 0.15) is 15.9 Å². The Labute approximate surface area is 72.9 Å². The number of aromatic carboxylic acids is 1. The predicted molar refractivity (Wildman–Crippen MR) is 43.8 cm³/mol. The molecular formula is C8H3NO2S. The van der Waals surface area contributed by atoms with E-state index < -0.39 is 5.97 Å². The van der Waals surface area contributed by atoms with Gasteiger partial charge in [0.2, 0.25) is 0 Å². The zero-order valence-electron chi connectivity index (χ0n) is 5.87. The lowest BCUT2D eigenvalue weighted by molar-refractivity contribution is 0.0697. The lowest BCUT2D eigenvalue weighted by Gasteiger charge is -1.86. The third-order valence-electron chi connectivity index (χ3n) is 1.15. The van der Waals surface area contributed by atoms with Gasteiger partial charge in [-0.05, 0) is 5.92 Å². The van der Waals surface area contributed by atoms with Gasteiger partial charge in [0.1, 0.15) is 0 Å². The average Bonchev–Trinajstić information content (AvgIpc) is 2.48. The Hall–Kier alpha value is -1.78. The molecule has 0 spiro atoms. The molecule has 0 radical (unpaired) electrons. The van der Waals surface area contributed by atoms with Crippen molar-refractivity contribution in [3.05, 3.63) is 21.9 Å². The summed E-state index contributed by atoms with van der Waals surface area (Å²) >= 11 is 1.25. The Kier molecular flexibility index (Phi) is 2.47. The summed E-state index contributed by atoms with van der Waals surface area (Å²) in [4.78, 5) is 10.5. The van der Waals surface area contributed by atoms with Crippen LogP contribution < -0.4 is 0 Å². The number of carbonyl (C=O) groups is 1. The Balaban J connectivity index is 3.10. The summed E-state index contributed by atoms with van der Waals surface area (Å²) in [6.45, 7) is 0. The number of hydrogen-bond acceptors (Lipinski definition) is 3. The first-order valence-electron chi connectivity index (χ1n) is 2.95. The van der Waals surface area contributed by atoms with Crippen molar-refractivity contribution in [3.63, 3.8) is 0 Å². The standard InChI is InChI=1S/C8H3NO2S/c9-3-1-2-6-4-12-5-7(6)8(10)11/h4-5H,(H,10,11). The highest BCUT2D eigenvalue weighted by atomic mass is 32.1. The smallest absolute Gasteiger partial charge is 0.337 e. The van der Waals surface area contributed by atoms with E-state index in [4.69, 9.17) is 10.4 Å². The summed E-state index contributed by atoms with van der Waals surface area (Å²) in [6.07, 6.45) is 0. The summed E-state index contributed by atoms with van der Waals surface area (Å²) in [5.41, 5.74) is 0.553. The number of carboxylic acid groups (broad SMARTS) is 1. The van der Waals surface area contributed by atoms with Crippen molar-refractivity contribution >= 4 is 17.3 Å². The van der Waals surface area contributed by atoms with Gasteiger partial charge >= 0.3 is 5.97 Å². The molecule has 0 aromatic carbocycles. The Bertz CT molecular complexity index is 403. The Morgan fingerprint density at radius 1 is 1.58 bits per heavy atom. The Morgan fingerprint density at radius 2 is 2.33 bits per heavy atom. The van der Waals surface area contributed by atoms with Gasteiger partial charge in [0.05, 0.1) is 11.1 Å². The van der Waals surface area contributed by atoms with Gasteiger partial charge < -0.3 is 5.11 Å². The van der Waals surface area contributed by atoms with Crippen LogP contribution >= 0.6 is 11.3 Å². The second kappa shape index (κ2) is 3.56. The molecule has 0 saturated carbocycles. The maximum absolute atomic E-state index is 10.5. The average molecular weight is 177 g/mol. The first kappa shape index (κ1) is 8.32. The molecule has 1 aromatic heterocycles. The highest BCUT2D eigenvalue weighted by Gasteiger charge is 2.08. The lowest BCUT2D eigenvalue weighted by Crippen LogP contribution is -1.95. The van der Waals surface area contributed by atoms with Gasteiger partial charge in [-0.1, -0.05) is 0 Å². The van der Waals surface area contributed by atoms with E-state index in [0.29, 0.717) is 5.56 Å². The Morgan fingerprint density at radius 3 is 2.92 bits per heavy atom. The van der Waals surface area contributed by atoms with Gasteiger partial charge in [-0.2, -0.15) is 16.6 Å². The van der Waals surface area contributed by atoms with Crippen molar-refractivity contribution in [2.75, 3.05) is 0 Å². The van der Waals surface area contributed by atoms with E-state index in [2.05, 4.69) is 11.8 Å². The van der Waals surface area contributed by atoms with E-state index in [-0.39, 0.29) is 5.56 Å². The molecule has 1 heterocycles. The fraction of sp³-hybridized carbons (Fsp3) is 0. The summed E-state index contributed by atoms with van der Waals surface area (Å²) in [6, 6.07) is 1.62. The molecular weight excluding hydrogens is 174 g/mol. The number of nitriles is 1. The largest absolute Gasteiger partial charge is 0.478 e. The second-order valence-electron chi connectivity index (χ2n) is 1.87. The molecule has 1 aromatic rings. The normalized spacial score (nSPS) is 7.92. The number of hydrogen-bond donors (Lipinski definition) is 1. The van der Waals surface area contributed by atoms with Crippen molar-refractivity contribution in [3.8, 4) is 17.9 Å². The van der Waals surface area contributed by atoms with E-state index in [1.54, 1.807) is 11.4 Å². The fourth-order valence-electron chi connectivity index (χ4n) is 0.655. The molecule has 0 unspecified atom stereocenters. The molecule has 58 valence electrons. The summed E-state index contributed by atoms with van der Waals surface area (Å²) < 4.78 is 0. The summed E-state index contributed by atoms with van der Waals surface area (Å²) in [7, 11) is 0. The van der Waals surface area contributed by atoms with Crippen LogP contribution in [0.3, 0.4) is 0 Å². The van der Waals surface area contributed by atoms with Crippen molar-refractivity contribution in [2.45, 2.75) is 0 Å².